The number of fused-ring (bicyclic) bond motifs is 1. The highest BCUT2D eigenvalue weighted by atomic mass is 19.4. The smallest absolute Gasteiger partial charge is 0.366 e. The summed E-state index contributed by atoms with van der Waals surface area (Å²) >= 11 is 0. The van der Waals surface area contributed by atoms with E-state index in [2.05, 4.69) is 11.8 Å². The Kier molecular flexibility index (Phi) is 4.79. The molecule has 1 heterocycles. The summed E-state index contributed by atoms with van der Waals surface area (Å²) in [5.41, 5.74) is 4.46. The number of amides is 2. The second-order valence-electron chi connectivity index (χ2n) is 6.57. The van der Waals surface area contributed by atoms with Crippen molar-refractivity contribution < 1.29 is 27.2 Å². The molecule has 1 aromatic rings. The molecule has 3 rings (SSSR count). The Bertz CT molecular complexity index is 1020. The van der Waals surface area contributed by atoms with Gasteiger partial charge < -0.3 is 10.6 Å². The number of primary amides is 1. The zero-order valence-corrected chi connectivity index (χ0v) is 15.1. The normalized spacial score (nSPS) is 15.9. The first-order chi connectivity index (χ1) is 13.1. The lowest BCUT2D eigenvalue weighted by atomic mass is 9.90. The minimum atomic E-state index is -4.62. The standard InChI is InChI=1S/C20H16F4N2O2/c1-3-4-16(27)26-6-5-11(9-26)18-15(21)8-13(19(25)28)12-7-14(20(22,23)24)10(2)17(12)18/h5,8H,6-7,9H2,1-2H3,(H2,25,28). The number of benzene rings is 1. The molecule has 146 valence electrons. The van der Waals surface area contributed by atoms with Crippen molar-refractivity contribution in [2.24, 2.45) is 5.73 Å². The fraction of sp³-hybridized carbons (Fsp3) is 0.300. The maximum Gasteiger partial charge on any atom is 0.413 e. The SMILES string of the molecule is CC#CC(=O)N1CC=C(c2c(F)cc(C(N)=O)c3c2C(C)=C(C(F)(F)F)C3)C1. The van der Waals surface area contributed by atoms with Crippen molar-refractivity contribution >= 4 is 23.0 Å². The molecule has 0 unspecified atom stereocenters. The zero-order valence-electron chi connectivity index (χ0n) is 15.1. The molecule has 2 amide bonds. The van der Waals surface area contributed by atoms with Gasteiger partial charge in [0.1, 0.15) is 5.82 Å². The lowest BCUT2D eigenvalue weighted by molar-refractivity contribution is -0.123. The molecule has 0 bridgehead atoms. The molecule has 2 aliphatic rings. The van der Waals surface area contributed by atoms with Crippen LogP contribution in [0.15, 0.2) is 17.7 Å². The molecule has 0 saturated carbocycles. The van der Waals surface area contributed by atoms with Crippen molar-refractivity contribution in [1.82, 2.24) is 4.90 Å². The Morgan fingerprint density at radius 1 is 1.25 bits per heavy atom. The highest BCUT2D eigenvalue weighted by molar-refractivity contribution is 6.00. The van der Waals surface area contributed by atoms with Gasteiger partial charge in [-0.3, -0.25) is 9.59 Å². The summed E-state index contributed by atoms with van der Waals surface area (Å²) < 4.78 is 55.2. The van der Waals surface area contributed by atoms with Crippen LogP contribution in [0.25, 0.3) is 11.1 Å². The van der Waals surface area contributed by atoms with Crippen molar-refractivity contribution in [2.75, 3.05) is 13.1 Å². The van der Waals surface area contributed by atoms with Gasteiger partial charge in [0.2, 0.25) is 5.91 Å². The summed E-state index contributed by atoms with van der Waals surface area (Å²) in [6.45, 7) is 2.94. The minimum Gasteiger partial charge on any atom is -0.366 e. The highest BCUT2D eigenvalue weighted by Gasteiger charge is 2.42. The van der Waals surface area contributed by atoms with Gasteiger partial charge in [-0.15, -0.1) is 0 Å². The van der Waals surface area contributed by atoms with Crippen LogP contribution in [0.2, 0.25) is 0 Å². The second-order valence-corrected chi connectivity index (χ2v) is 6.57. The summed E-state index contributed by atoms with van der Waals surface area (Å²) in [5, 5.41) is 0. The van der Waals surface area contributed by atoms with Crippen LogP contribution < -0.4 is 5.73 Å². The molecule has 0 saturated heterocycles. The van der Waals surface area contributed by atoms with E-state index < -0.39 is 35.8 Å². The Labute approximate surface area is 158 Å². The summed E-state index contributed by atoms with van der Waals surface area (Å²) in [7, 11) is 0. The molecular weight excluding hydrogens is 376 g/mol. The van der Waals surface area contributed by atoms with Gasteiger partial charge in [-0.1, -0.05) is 12.0 Å². The molecule has 0 fully saturated rings. The van der Waals surface area contributed by atoms with Crippen LogP contribution in [0.3, 0.4) is 0 Å². The molecule has 0 radical (unpaired) electrons. The Morgan fingerprint density at radius 2 is 1.93 bits per heavy atom. The maximum absolute atomic E-state index is 14.9. The highest BCUT2D eigenvalue weighted by Crippen LogP contribution is 2.46. The fourth-order valence-corrected chi connectivity index (χ4v) is 3.67. The number of alkyl halides is 3. The number of nitrogens with zero attached hydrogens (tertiary/aromatic N) is 1. The van der Waals surface area contributed by atoms with Crippen LogP contribution in [0, 0.1) is 17.7 Å². The summed E-state index contributed by atoms with van der Waals surface area (Å²) in [5.74, 6) is 2.56. The van der Waals surface area contributed by atoms with Crippen LogP contribution >= 0.6 is 0 Å². The quantitative estimate of drug-likeness (QED) is 0.621. The van der Waals surface area contributed by atoms with Gasteiger partial charge in [0.05, 0.1) is 0 Å². The van der Waals surface area contributed by atoms with Gasteiger partial charge in [0.25, 0.3) is 5.91 Å². The largest absolute Gasteiger partial charge is 0.413 e. The molecule has 2 N–H and O–H groups in total. The first-order valence-corrected chi connectivity index (χ1v) is 8.39. The van der Waals surface area contributed by atoms with E-state index in [4.69, 9.17) is 5.73 Å². The number of halogens is 4. The van der Waals surface area contributed by atoms with E-state index in [1.807, 2.05) is 0 Å². The molecule has 4 nitrogen and oxygen atoms in total. The molecule has 8 heteroatoms. The molecule has 1 aromatic carbocycles. The van der Waals surface area contributed by atoms with E-state index in [0.29, 0.717) is 5.57 Å². The molecule has 28 heavy (non-hydrogen) atoms. The first-order valence-electron chi connectivity index (χ1n) is 8.39. The van der Waals surface area contributed by atoms with E-state index in [1.54, 1.807) is 6.08 Å². The van der Waals surface area contributed by atoms with E-state index in [1.165, 1.54) is 18.7 Å². The number of rotatable bonds is 2. The third kappa shape index (κ3) is 3.17. The van der Waals surface area contributed by atoms with Crippen molar-refractivity contribution in [1.29, 1.82) is 0 Å². The van der Waals surface area contributed by atoms with Crippen molar-refractivity contribution in [3.63, 3.8) is 0 Å². The Balaban J connectivity index is 2.16. The third-order valence-electron chi connectivity index (χ3n) is 4.94. The lowest BCUT2D eigenvalue weighted by Gasteiger charge is -2.17. The zero-order chi connectivity index (χ0) is 20.8. The van der Waals surface area contributed by atoms with Crippen molar-refractivity contribution in [3.05, 3.63) is 45.8 Å². The number of nitrogens with two attached hydrogens (primary N) is 1. The molecule has 1 aliphatic carbocycles. The summed E-state index contributed by atoms with van der Waals surface area (Å²) in [6.07, 6.45) is -3.58. The van der Waals surface area contributed by atoms with Gasteiger partial charge in [-0.2, -0.15) is 13.2 Å². The summed E-state index contributed by atoms with van der Waals surface area (Å²) in [6, 6.07) is 0.875. The summed E-state index contributed by atoms with van der Waals surface area (Å²) in [4.78, 5) is 25.0. The van der Waals surface area contributed by atoms with Crippen LogP contribution in [0.1, 0.15) is 40.9 Å². The van der Waals surface area contributed by atoms with E-state index in [9.17, 15) is 27.2 Å². The van der Waals surface area contributed by atoms with Gasteiger partial charge in [0, 0.05) is 36.2 Å². The topological polar surface area (TPSA) is 63.4 Å². The van der Waals surface area contributed by atoms with Gasteiger partial charge in [-0.05, 0) is 48.1 Å². The van der Waals surface area contributed by atoms with E-state index >= 15 is 0 Å². The number of hydrogen-bond acceptors (Lipinski definition) is 2. The number of carbonyl (C=O) groups is 2. The average molecular weight is 392 g/mol. The number of hydrogen-bond donors (Lipinski definition) is 1. The average Bonchev–Trinajstić information content (AvgIpc) is 3.20. The lowest BCUT2D eigenvalue weighted by Crippen LogP contribution is -2.27. The predicted octanol–water partition coefficient (Wildman–Crippen LogP) is 3.07. The predicted molar refractivity (Wildman–Crippen MR) is 95.3 cm³/mol. The fourth-order valence-electron chi connectivity index (χ4n) is 3.67. The Hall–Kier alpha value is -3.08. The monoisotopic (exact) mass is 392 g/mol. The van der Waals surface area contributed by atoms with Crippen LogP contribution in [-0.4, -0.2) is 36.0 Å². The Morgan fingerprint density at radius 3 is 2.50 bits per heavy atom. The van der Waals surface area contributed by atoms with Crippen LogP contribution in [0.4, 0.5) is 17.6 Å². The van der Waals surface area contributed by atoms with Crippen molar-refractivity contribution in [2.45, 2.75) is 26.4 Å². The van der Waals surface area contributed by atoms with E-state index in [-0.39, 0.29) is 40.9 Å². The number of carbonyl (C=O) groups excluding carboxylic acids is 2. The number of allylic oxidation sites excluding steroid dienone is 2. The van der Waals surface area contributed by atoms with Gasteiger partial charge in [0.15, 0.2) is 0 Å². The molecular formula is C20H16F4N2O2. The molecule has 0 aromatic heterocycles. The van der Waals surface area contributed by atoms with E-state index in [0.717, 1.165) is 6.07 Å². The van der Waals surface area contributed by atoms with Crippen LogP contribution in [0.5, 0.6) is 0 Å². The van der Waals surface area contributed by atoms with Gasteiger partial charge >= 0.3 is 6.18 Å². The molecule has 0 atom stereocenters. The maximum atomic E-state index is 14.9. The van der Waals surface area contributed by atoms with Gasteiger partial charge in [-0.25, -0.2) is 4.39 Å². The molecule has 0 spiro atoms. The minimum absolute atomic E-state index is 0.0153. The second kappa shape index (κ2) is 6.82. The molecule has 1 aliphatic heterocycles. The first kappa shape index (κ1) is 19.7. The van der Waals surface area contributed by atoms with Crippen molar-refractivity contribution in [3.8, 4) is 11.8 Å². The third-order valence-corrected chi connectivity index (χ3v) is 4.94. The van der Waals surface area contributed by atoms with Crippen LogP contribution in [-0.2, 0) is 11.2 Å².